The molecule has 1 heterocycles. The van der Waals surface area contributed by atoms with Crippen molar-refractivity contribution in [3.8, 4) is 0 Å². The van der Waals surface area contributed by atoms with Crippen molar-refractivity contribution in [1.29, 1.82) is 0 Å². The summed E-state index contributed by atoms with van der Waals surface area (Å²) in [5.41, 5.74) is 1.02. The van der Waals surface area contributed by atoms with Gasteiger partial charge in [0, 0.05) is 37.6 Å². The van der Waals surface area contributed by atoms with Gasteiger partial charge in [-0.2, -0.15) is 4.31 Å². The van der Waals surface area contributed by atoms with Gasteiger partial charge in [0.2, 0.25) is 15.9 Å². The average molecular weight is 466 g/mol. The van der Waals surface area contributed by atoms with Crippen LogP contribution in [-0.4, -0.2) is 68.6 Å². The molecule has 1 saturated heterocycles. The van der Waals surface area contributed by atoms with E-state index in [2.05, 4.69) is 5.32 Å². The quantitative estimate of drug-likeness (QED) is 0.456. The van der Waals surface area contributed by atoms with E-state index in [4.69, 9.17) is 0 Å². The summed E-state index contributed by atoms with van der Waals surface area (Å²) in [4.78, 5) is 15.5. The van der Waals surface area contributed by atoms with Gasteiger partial charge in [0.1, 0.15) is 5.82 Å². The monoisotopic (exact) mass is 465 g/mol. The first-order valence-corrected chi connectivity index (χ1v) is 12.7. The lowest BCUT2D eigenvalue weighted by Crippen LogP contribution is -2.51. The molecule has 168 valence electrons. The molecule has 0 saturated carbocycles. The highest BCUT2D eigenvalue weighted by Crippen LogP contribution is 2.19. The zero-order valence-corrected chi connectivity index (χ0v) is 19.2. The Morgan fingerprint density at radius 2 is 1.68 bits per heavy atom. The Balaban J connectivity index is 1.34. The molecule has 9 heteroatoms. The van der Waals surface area contributed by atoms with Gasteiger partial charge in [-0.25, -0.2) is 12.8 Å². The van der Waals surface area contributed by atoms with E-state index in [-0.39, 0.29) is 18.3 Å². The molecule has 31 heavy (non-hydrogen) atoms. The molecule has 3 rings (SSSR count). The van der Waals surface area contributed by atoms with E-state index >= 15 is 0 Å². The van der Waals surface area contributed by atoms with Crippen LogP contribution in [0.1, 0.15) is 12.0 Å². The number of aryl methyl sites for hydroxylation is 1. The Kier molecular flexibility index (Phi) is 8.48. The van der Waals surface area contributed by atoms with Crippen LogP contribution in [0, 0.1) is 12.7 Å². The summed E-state index contributed by atoms with van der Waals surface area (Å²) < 4.78 is 39.9. The number of hydrogen-bond acceptors (Lipinski definition) is 5. The number of nitrogens with one attached hydrogen (secondary N) is 1. The Hall–Kier alpha value is -1.94. The number of benzene rings is 2. The van der Waals surface area contributed by atoms with E-state index in [1.54, 1.807) is 48.2 Å². The summed E-state index contributed by atoms with van der Waals surface area (Å²) >= 11 is 1.63. The summed E-state index contributed by atoms with van der Waals surface area (Å²) in [7, 11) is -3.49. The predicted octanol–water partition coefficient (Wildman–Crippen LogP) is 2.74. The second-order valence-corrected chi connectivity index (χ2v) is 10.6. The molecule has 0 atom stereocenters. The van der Waals surface area contributed by atoms with Crippen molar-refractivity contribution in [3.05, 3.63) is 59.9 Å². The molecule has 1 aliphatic heterocycles. The van der Waals surface area contributed by atoms with Crippen LogP contribution in [0.5, 0.6) is 0 Å². The lowest BCUT2D eigenvalue weighted by atomic mass is 10.2. The Bertz CT molecular complexity index is 959. The first-order valence-electron chi connectivity index (χ1n) is 10.3. The first-order chi connectivity index (χ1) is 14.8. The van der Waals surface area contributed by atoms with Crippen LogP contribution >= 0.6 is 11.8 Å². The molecule has 0 radical (unpaired) electrons. The summed E-state index contributed by atoms with van der Waals surface area (Å²) in [6.07, 6.45) is 0.816. The molecule has 0 unspecified atom stereocenters. The number of amides is 1. The van der Waals surface area contributed by atoms with Crippen molar-refractivity contribution < 1.29 is 17.6 Å². The van der Waals surface area contributed by atoms with Crippen molar-refractivity contribution >= 4 is 27.7 Å². The van der Waals surface area contributed by atoms with E-state index < -0.39 is 10.0 Å². The van der Waals surface area contributed by atoms with E-state index in [0.29, 0.717) is 37.6 Å². The maximum atomic E-state index is 12.9. The number of hydrogen-bond donors (Lipinski definition) is 1. The van der Waals surface area contributed by atoms with Crippen molar-refractivity contribution in [3.63, 3.8) is 0 Å². The number of rotatable bonds is 9. The molecule has 2 aromatic carbocycles. The third kappa shape index (κ3) is 7.03. The van der Waals surface area contributed by atoms with E-state index in [1.165, 1.54) is 16.4 Å². The minimum absolute atomic E-state index is 0.0541. The van der Waals surface area contributed by atoms with Gasteiger partial charge in [0.05, 0.1) is 11.4 Å². The summed E-state index contributed by atoms with van der Waals surface area (Å²) in [6, 6.07) is 13.2. The molecule has 0 aromatic heterocycles. The van der Waals surface area contributed by atoms with Crippen LogP contribution in [0.2, 0.25) is 0 Å². The SMILES string of the molecule is Cc1ccc(S(=O)(=O)N2CCN(CC(=O)NCCCSc3ccc(F)cc3)CC2)cc1. The van der Waals surface area contributed by atoms with Crippen LogP contribution in [0.3, 0.4) is 0 Å². The number of halogens is 1. The van der Waals surface area contributed by atoms with Gasteiger partial charge in [0.15, 0.2) is 0 Å². The molecule has 2 aromatic rings. The number of nitrogens with zero attached hydrogens (tertiary/aromatic N) is 2. The van der Waals surface area contributed by atoms with Gasteiger partial charge in [-0.05, 0) is 55.5 Å². The fraction of sp³-hybridized carbons (Fsp3) is 0.409. The molecular formula is C22H28FN3O3S2. The standard InChI is InChI=1S/C22H28FN3O3S2/c1-18-3-9-21(10-4-18)31(28,29)26-14-12-25(13-15-26)17-22(27)24-11-2-16-30-20-7-5-19(23)6-8-20/h3-10H,2,11-17H2,1H3,(H,24,27). The minimum Gasteiger partial charge on any atom is -0.355 e. The predicted molar refractivity (Wildman–Crippen MR) is 121 cm³/mol. The third-order valence-electron chi connectivity index (χ3n) is 5.08. The van der Waals surface area contributed by atoms with Crippen LogP contribution in [0.25, 0.3) is 0 Å². The molecule has 1 fully saturated rings. The maximum Gasteiger partial charge on any atom is 0.243 e. The van der Waals surface area contributed by atoms with Gasteiger partial charge in [-0.1, -0.05) is 17.7 Å². The van der Waals surface area contributed by atoms with Crippen LogP contribution in [0.15, 0.2) is 58.3 Å². The largest absolute Gasteiger partial charge is 0.355 e. The van der Waals surface area contributed by atoms with E-state index in [1.807, 2.05) is 11.8 Å². The zero-order chi connectivity index (χ0) is 22.3. The molecule has 1 aliphatic rings. The second-order valence-electron chi connectivity index (χ2n) is 7.50. The summed E-state index contributed by atoms with van der Waals surface area (Å²) in [6.45, 7) is 4.57. The van der Waals surface area contributed by atoms with E-state index in [9.17, 15) is 17.6 Å². The second kappa shape index (κ2) is 11.1. The number of piperazine rings is 1. The Morgan fingerprint density at radius 1 is 1.03 bits per heavy atom. The highest BCUT2D eigenvalue weighted by molar-refractivity contribution is 7.99. The summed E-state index contributed by atoms with van der Waals surface area (Å²) in [5.74, 6) is 0.536. The van der Waals surface area contributed by atoms with Crippen molar-refractivity contribution in [2.75, 3.05) is 45.0 Å². The van der Waals surface area contributed by atoms with Crippen molar-refractivity contribution in [1.82, 2.24) is 14.5 Å². The lowest BCUT2D eigenvalue weighted by Gasteiger charge is -2.33. The Labute approximate surface area is 187 Å². The first kappa shape index (κ1) is 23.7. The maximum absolute atomic E-state index is 12.9. The van der Waals surface area contributed by atoms with E-state index in [0.717, 1.165) is 22.6 Å². The van der Waals surface area contributed by atoms with Gasteiger partial charge in [-0.15, -0.1) is 11.8 Å². The lowest BCUT2D eigenvalue weighted by molar-refractivity contribution is -0.122. The number of carbonyl (C=O) groups excluding carboxylic acids is 1. The fourth-order valence-corrected chi connectivity index (χ4v) is 5.54. The third-order valence-corrected chi connectivity index (χ3v) is 8.09. The van der Waals surface area contributed by atoms with Crippen LogP contribution < -0.4 is 5.32 Å². The molecule has 0 aliphatic carbocycles. The number of sulfonamides is 1. The molecular weight excluding hydrogens is 437 g/mol. The average Bonchev–Trinajstić information content (AvgIpc) is 2.75. The van der Waals surface area contributed by atoms with Gasteiger partial charge in [0.25, 0.3) is 0 Å². The molecule has 0 spiro atoms. The van der Waals surface area contributed by atoms with Crippen LogP contribution in [0.4, 0.5) is 4.39 Å². The Morgan fingerprint density at radius 3 is 2.32 bits per heavy atom. The number of thioether (sulfide) groups is 1. The normalized spacial score (nSPS) is 15.7. The van der Waals surface area contributed by atoms with Crippen molar-refractivity contribution in [2.45, 2.75) is 23.1 Å². The van der Waals surface area contributed by atoms with Gasteiger partial charge >= 0.3 is 0 Å². The highest BCUT2D eigenvalue weighted by Gasteiger charge is 2.28. The van der Waals surface area contributed by atoms with Crippen LogP contribution in [-0.2, 0) is 14.8 Å². The van der Waals surface area contributed by atoms with Gasteiger partial charge in [-0.3, -0.25) is 9.69 Å². The zero-order valence-electron chi connectivity index (χ0n) is 17.6. The molecule has 6 nitrogen and oxygen atoms in total. The van der Waals surface area contributed by atoms with Crippen molar-refractivity contribution in [2.24, 2.45) is 0 Å². The molecule has 1 N–H and O–H groups in total. The topological polar surface area (TPSA) is 69.7 Å². The fourth-order valence-electron chi connectivity index (χ4n) is 3.27. The number of carbonyl (C=O) groups is 1. The highest BCUT2D eigenvalue weighted by atomic mass is 32.2. The minimum atomic E-state index is -3.49. The molecule has 0 bridgehead atoms. The van der Waals surface area contributed by atoms with Gasteiger partial charge < -0.3 is 5.32 Å². The molecule has 1 amide bonds. The summed E-state index contributed by atoms with van der Waals surface area (Å²) in [5, 5.41) is 2.91. The smallest absolute Gasteiger partial charge is 0.243 e.